The van der Waals surface area contributed by atoms with Gasteiger partial charge in [0.05, 0.1) is 0 Å². The van der Waals surface area contributed by atoms with E-state index < -0.39 is 36.0 Å². The molecule has 0 saturated carbocycles. The molecule has 8 heteroatoms. The lowest BCUT2D eigenvalue weighted by molar-refractivity contribution is -0.134. The lowest BCUT2D eigenvalue weighted by Crippen LogP contribution is -2.46. The molecule has 1 saturated heterocycles. The van der Waals surface area contributed by atoms with E-state index in [4.69, 9.17) is 0 Å². The van der Waals surface area contributed by atoms with Crippen molar-refractivity contribution < 1.29 is 19.2 Å². The molecule has 0 aliphatic carbocycles. The molecule has 1 fully saturated rings. The number of carbonyl (C=O) groups is 4. The predicted molar refractivity (Wildman–Crippen MR) is 106 cm³/mol. The average Bonchev–Trinajstić information content (AvgIpc) is 2.91. The summed E-state index contributed by atoms with van der Waals surface area (Å²) in [6.45, 7) is 3.20. The highest BCUT2D eigenvalue weighted by atomic mass is 16.2. The highest BCUT2D eigenvalue weighted by molar-refractivity contribution is 6.10. The Balaban J connectivity index is 1.58. The maximum Gasteiger partial charge on any atom is 0.325 e. The number of hydrogen-bond donors (Lipinski definition) is 3. The molecular formula is C21H22N4O4. The minimum absolute atomic E-state index is 0.245. The Bertz CT molecular complexity index is 943. The Labute approximate surface area is 168 Å². The van der Waals surface area contributed by atoms with Gasteiger partial charge in [0.1, 0.15) is 12.1 Å². The summed E-state index contributed by atoms with van der Waals surface area (Å²) in [6, 6.07) is 15.0. The molecule has 1 atom stereocenters. The van der Waals surface area contributed by atoms with Crippen LogP contribution in [-0.2, 0) is 21.7 Å². The lowest BCUT2D eigenvalue weighted by Gasteiger charge is -2.22. The zero-order chi connectivity index (χ0) is 21.0. The van der Waals surface area contributed by atoms with E-state index in [1.807, 2.05) is 49.4 Å². The summed E-state index contributed by atoms with van der Waals surface area (Å²) in [5, 5.41) is 7.31. The number of amides is 6. The van der Waals surface area contributed by atoms with E-state index in [0.29, 0.717) is 5.56 Å². The van der Waals surface area contributed by atoms with Crippen LogP contribution in [0.2, 0.25) is 0 Å². The number of urea groups is 2. The molecular weight excluding hydrogens is 372 g/mol. The van der Waals surface area contributed by atoms with Gasteiger partial charge in [0.2, 0.25) is 5.91 Å². The first kappa shape index (κ1) is 20.1. The van der Waals surface area contributed by atoms with E-state index in [0.717, 1.165) is 16.0 Å². The number of rotatable bonds is 5. The van der Waals surface area contributed by atoms with Crippen LogP contribution in [0.15, 0.2) is 54.6 Å². The molecule has 3 N–H and O–H groups in total. The monoisotopic (exact) mass is 394 g/mol. The molecule has 2 aromatic rings. The van der Waals surface area contributed by atoms with Crippen molar-refractivity contribution in [2.45, 2.75) is 25.9 Å². The van der Waals surface area contributed by atoms with Crippen LogP contribution in [0.3, 0.4) is 0 Å². The van der Waals surface area contributed by atoms with Crippen molar-refractivity contribution in [3.63, 3.8) is 0 Å². The van der Waals surface area contributed by atoms with Gasteiger partial charge in [-0.2, -0.15) is 0 Å². The van der Waals surface area contributed by atoms with Crippen LogP contribution in [0.4, 0.5) is 9.59 Å². The second-order valence-corrected chi connectivity index (χ2v) is 7.03. The molecule has 29 heavy (non-hydrogen) atoms. The third-order valence-corrected chi connectivity index (χ3v) is 4.75. The Morgan fingerprint density at radius 3 is 2.34 bits per heavy atom. The van der Waals surface area contributed by atoms with Crippen molar-refractivity contribution in [1.29, 1.82) is 0 Å². The van der Waals surface area contributed by atoms with E-state index in [2.05, 4.69) is 16.0 Å². The Morgan fingerprint density at radius 1 is 1.03 bits per heavy atom. The summed E-state index contributed by atoms with van der Waals surface area (Å²) in [5.74, 6) is -1.31. The number of imide groups is 2. The average molecular weight is 394 g/mol. The van der Waals surface area contributed by atoms with Gasteiger partial charge < -0.3 is 10.6 Å². The van der Waals surface area contributed by atoms with E-state index >= 15 is 0 Å². The molecule has 2 aromatic carbocycles. The van der Waals surface area contributed by atoms with Crippen LogP contribution in [0.1, 0.15) is 23.6 Å². The van der Waals surface area contributed by atoms with Crippen LogP contribution < -0.4 is 16.0 Å². The van der Waals surface area contributed by atoms with Crippen LogP contribution in [0, 0.1) is 6.92 Å². The smallest absolute Gasteiger partial charge is 0.325 e. The third kappa shape index (κ3) is 4.43. The molecule has 1 aliphatic rings. The van der Waals surface area contributed by atoms with E-state index in [1.54, 1.807) is 19.1 Å². The number of hydrogen-bond acceptors (Lipinski definition) is 4. The second kappa shape index (κ2) is 8.14. The number of benzene rings is 2. The summed E-state index contributed by atoms with van der Waals surface area (Å²) in [5.41, 5.74) is 1.25. The Morgan fingerprint density at radius 2 is 1.69 bits per heavy atom. The second-order valence-electron chi connectivity index (χ2n) is 7.03. The third-order valence-electron chi connectivity index (χ3n) is 4.75. The fraction of sp³-hybridized carbons (Fsp3) is 0.238. The summed E-state index contributed by atoms with van der Waals surface area (Å²) < 4.78 is 0. The van der Waals surface area contributed by atoms with Gasteiger partial charge in [-0.15, -0.1) is 0 Å². The van der Waals surface area contributed by atoms with Crippen molar-refractivity contribution in [3.05, 3.63) is 71.3 Å². The number of nitrogens with zero attached hydrogens (tertiary/aromatic N) is 1. The summed E-state index contributed by atoms with van der Waals surface area (Å²) in [6.07, 6.45) is 0. The normalized spacial score (nSPS) is 18.3. The minimum atomic E-state index is -1.26. The fourth-order valence-electron chi connectivity index (χ4n) is 3.06. The van der Waals surface area contributed by atoms with E-state index in [9.17, 15) is 19.2 Å². The Kier molecular flexibility index (Phi) is 5.63. The maximum absolute atomic E-state index is 12.8. The van der Waals surface area contributed by atoms with Gasteiger partial charge in [0.25, 0.3) is 5.91 Å². The molecule has 0 aromatic heterocycles. The number of nitrogens with one attached hydrogen (secondary N) is 3. The van der Waals surface area contributed by atoms with Crippen molar-refractivity contribution >= 4 is 23.9 Å². The van der Waals surface area contributed by atoms with Crippen molar-refractivity contribution in [2.75, 3.05) is 6.54 Å². The largest absolute Gasteiger partial charge is 0.334 e. The predicted octanol–water partition coefficient (Wildman–Crippen LogP) is 1.79. The van der Waals surface area contributed by atoms with Crippen molar-refractivity contribution in [2.24, 2.45) is 0 Å². The molecule has 3 rings (SSSR count). The van der Waals surface area contributed by atoms with Gasteiger partial charge in [0.15, 0.2) is 0 Å². The lowest BCUT2D eigenvalue weighted by atomic mass is 9.91. The quantitative estimate of drug-likeness (QED) is 0.672. The van der Waals surface area contributed by atoms with Gasteiger partial charge >= 0.3 is 12.1 Å². The minimum Gasteiger partial charge on any atom is -0.334 e. The SMILES string of the molecule is Cc1ccc([C@]2(C)NC(=O)N(CC(=O)NC(=O)NCc3ccccc3)C2=O)cc1. The van der Waals surface area contributed by atoms with Crippen molar-refractivity contribution in [3.8, 4) is 0 Å². The van der Waals surface area contributed by atoms with Gasteiger partial charge in [-0.3, -0.25) is 19.8 Å². The van der Waals surface area contributed by atoms with Gasteiger partial charge in [0, 0.05) is 6.54 Å². The number of carbonyl (C=O) groups excluding carboxylic acids is 4. The Hall–Kier alpha value is -3.68. The molecule has 1 heterocycles. The first-order chi connectivity index (χ1) is 13.8. The highest BCUT2D eigenvalue weighted by Crippen LogP contribution is 2.28. The zero-order valence-corrected chi connectivity index (χ0v) is 16.2. The number of aryl methyl sites for hydroxylation is 1. The molecule has 150 valence electrons. The fourth-order valence-corrected chi connectivity index (χ4v) is 3.06. The van der Waals surface area contributed by atoms with Gasteiger partial charge in [-0.05, 0) is 25.0 Å². The molecule has 6 amide bonds. The van der Waals surface area contributed by atoms with Crippen LogP contribution >= 0.6 is 0 Å². The van der Waals surface area contributed by atoms with Gasteiger partial charge in [-0.25, -0.2) is 9.59 Å². The van der Waals surface area contributed by atoms with E-state index in [-0.39, 0.29) is 6.54 Å². The van der Waals surface area contributed by atoms with Gasteiger partial charge in [-0.1, -0.05) is 60.2 Å². The summed E-state index contributed by atoms with van der Waals surface area (Å²) in [7, 11) is 0. The van der Waals surface area contributed by atoms with E-state index in [1.165, 1.54) is 0 Å². The standard InChI is InChI=1S/C21H22N4O4/c1-14-8-10-16(11-9-14)21(2)18(27)25(20(29)24-21)13-17(26)23-19(28)22-12-15-6-4-3-5-7-15/h3-11H,12-13H2,1-2H3,(H,24,29)(H2,22,23,26,28)/t21-/m0/s1. The maximum atomic E-state index is 12.8. The topological polar surface area (TPSA) is 108 Å². The molecule has 0 spiro atoms. The first-order valence-corrected chi connectivity index (χ1v) is 9.12. The molecule has 1 aliphatic heterocycles. The first-order valence-electron chi connectivity index (χ1n) is 9.12. The van der Waals surface area contributed by atoms with Crippen LogP contribution in [0.5, 0.6) is 0 Å². The summed E-state index contributed by atoms with van der Waals surface area (Å²) >= 11 is 0. The van der Waals surface area contributed by atoms with Crippen LogP contribution in [-0.4, -0.2) is 35.3 Å². The molecule has 0 radical (unpaired) electrons. The highest BCUT2D eigenvalue weighted by Gasteiger charge is 2.49. The van der Waals surface area contributed by atoms with Crippen molar-refractivity contribution in [1.82, 2.24) is 20.9 Å². The van der Waals surface area contributed by atoms with Crippen LogP contribution in [0.25, 0.3) is 0 Å². The summed E-state index contributed by atoms with van der Waals surface area (Å²) in [4.78, 5) is 50.0. The zero-order valence-electron chi connectivity index (χ0n) is 16.2. The molecule has 0 bridgehead atoms. The molecule has 0 unspecified atom stereocenters. The molecule has 8 nitrogen and oxygen atoms in total.